The molecule has 0 aromatic heterocycles. The maximum absolute atomic E-state index is 12.3. The van der Waals surface area contributed by atoms with E-state index in [9.17, 15) is 17.2 Å². The maximum Gasteiger partial charge on any atom is 0.350 e. The van der Waals surface area contributed by atoms with Crippen LogP contribution in [0.2, 0.25) is 0 Å². The van der Waals surface area contributed by atoms with Gasteiger partial charge in [-0.2, -0.15) is 13.1 Å². The van der Waals surface area contributed by atoms with Crippen molar-refractivity contribution in [1.29, 1.82) is 0 Å². The Morgan fingerprint density at radius 2 is 1.88 bits per heavy atom. The summed E-state index contributed by atoms with van der Waals surface area (Å²) in [5.74, 6) is -2.87. The fraction of sp³-hybridized carbons (Fsp3) is 1.00. The van der Waals surface area contributed by atoms with E-state index in [4.69, 9.17) is 11.6 Å². The van der Waals surface area contributed by atoms with Gasteiger partial charge in [0.2, 0.25) is 0 Å². The normalized spacial score (nSPS) is 21.2. The van der Waals surface area contributed by atoms with Gasteiger partial charge in [-0.3, -0.25) is 0 Å². The molecule has 1 rings (SSSR count). The Morgan fingerprint density at radius 3 is 2.44 bits per heavy atom. The van der Waals surface area contributed by atoms with Crippen molar-refractivity contribution in [1.82, 2.24) is 9.21 Å². The monoisotopic (exact) mass is 276 g/mol. The molecule has 0 aromatic rings. The molecule has 0 aromatic carbocycles. The fourth-order valence-corrected chi connectivity index (χ4v) is 2.84. The topological polar surface area (TPSA) is 40.6 Å². The highest BCUT2D eigenvalue weighted by molar-refractivity contribution is 7.89. The summed E-state index contributed by atoms with van der Waals surface area (Å²) in [6, 6.07) is 0. The Hall–Kier alpha value is 0.0200. The van der Waals surface area contributed by atoms with Crippen LogP contribution in [0, 0.1) is 0 Å². The lowest BCUT2D eigenvalue weighted by molar-refractivity contribution is 0.218. The van der Waals surface area contributed by atoms with Crippen LogP contribution in [0.3, 0.4) is 0 Å². The van der Waals surface area contributed by atoms with Gasteiger partial charge < -0.3 is 4.90 Å². The number of halogens is 3. The molecule has 16 heavy (non-hydrogen) atoms. The van der Waals surface area contributed by atoms with Crippen LogP contribution in [0.15, 0.2) is 0 Å². The highest BCUT2D eigenvalue weighted by Gasteiger charge is 2.32. The number of nitrogens with zero attached hydrogens (tertiary/aromatic N) is 2. The largest absolute Gasteiger partial charge is 0.350 e. The molecule has 0 spiro atoms. The zero-order valence-corrected chi connectivity index (χ0v) is 10.4. The van der Waals surface area contributed by atoms with Crippen molar-refractivity contribution in [2.75, 3.05) is 38.6 Å². The lowest BCUT2D eigenvalue weighted by Gasteiger charge is -2.20. The Morgan fingerprint density at radius 1 is 1.19 bits per heavy atom. The minimum absolute atomic E-state index is 0.115. The summed E-state index contributed by atoms with van der Waals surface area (Å²) in [5.41, 5.74) is 0. The van der Waals surface area contributed by atoms with Gasteiger partial charge in [0.1, 0.15) is 0 Å². The molecule has 0 atom stereocenters. The molecule has 0 N–H and O–H groups in total. The predicted molar refractivity (Wildman–Crippen MR) is 58.3 cm³/mol. The van der Waals surface area contributed by atoms with E-state index in [1.54, 1.807) is 0 Å². The number of hydrogen-bond acceptors (Lipinski definition) is 3. The minimum Gasteiger partial charge on any atom is -0.301 e. The van der Waals surface area contributed by atoms with Crippen LogP contribution >= 0.6 is 11.6 Å². The van der Waals surface area contributed by atoms with Gasteiger partial charge in [0.15, 0.2) is 0 Å². The van der Waals surface area contributed by atoms with Gasteiger partial charge in [0.25, 0.3) is 10.0 Å². The Labute approximate surface area is 99.2 Å². The fourth-order valence-electron chi connectivity index (χ4n) is 1.66. The van der Waals surface area contributed by atoms with E-state index in [0.717, 1.165) is 4.31 Å². The van der Waals surface area contributed by atoms with Crippen LogP contribution < -0.4 is 0 Å². The Balaban J connectivity index is 2.60. The van der Waals surface area contributed by atoms with Crippen LogP contribution in [-0.4, -0.2) is 62.0 Å². The molecule has 1 heterocycles. The molecule has 0 unspecified atom stereocenters. The molecule has 0 radical (unpaired) electrons. The molecule has 96 valence electrons. The first kappa shape index (κ1) is 14.1. The molecule has 0 saturated carbocycles. The predicted octanol–water partition coefficient (Wildman–Crippen LogP) is 0.785. The summed E-state index contributed by atoms with van der Waals surface area (Å²) >= 11 is 5.57. The second kappa shape index (κ2) is 6.09. The second-order valence-corrected chi connectivity index (χ2v) is 5.87. The summed E-state index contributed by atoms with van der Waals surface area (Å²) in [5, 5.41) is 0. The van der Waals surface area contributed by atoms with Crippen LogP contribution in [-0.2, 0) is 10.0 Å². The molecule has 0 amide bonds. The molecule has 4 nitrogen and oxygen atoms in total. The Kier molecular flexibility index (Phi) is 5.36. The molecule has 0 bridgehead atoms. The average molecular weight is 277 g/mol. The molecule has 1 aliphatic heterocycles. The number of alkyl halides is 3. The van der Waals surface area contributed by atoms with E-state index >= 15 is 0 Å². The van der Waals surface area contributed by atoms with Crippen LogP contribution in [0.5, 0.6) is 0 Å². The summed E-state index contributed by atoms with van der Waals surface area (Å²) in [6.07, 6.45) is 0.558. The molecule has 8 heteroatoms. The van der Waals surface area contributed by atoms with Crippen molar-refractivity contribution in [2.45, 2.75) is 12.2 Å². The first-order chi connectivity index (χ1) is 7.48. The smallest absolute Gasteiger partial charge is 0.301 e. The van der Waals surface area contributed by atoms with Gasteiger partial charge in [-0.05, 0) is 13.0 Å². The first-order valence-corrected chi connectivity index (χ1v) is 7.07. The van der Waals surface area contributed by atoms with E-state index in [0.29, 0.717) is 31.9 Å². The highest BCUT2D eigenvalue weighted by atomic mass is 35.5. The lowest BCUT2D eigenvalue weighted by atomic mass is 10.4. The number of sulfonamides is 1. The van der Waals surface area contributed by atoms with Crippen LogP contribution in [0.4, 0.5) is 8.78 Å². The van der Waals surface area contributed by atoms with Crippen molar-refractivity contribution >= 4 is 21.6 Å². The van der Waals surface area contributed by atoms with E-state index in [1.165, 1.54) is 0 Å². The van der Waals surface area contributed by atoms with Crippen molar-refractivity contribution in [3.63, 3.8) is 0 Å². The third kappa shape index (κ3) is 3.51. The van der Waals surface area contributed by atoms with Gasteiger partial charge in [-0.25, -0.2) is 8.42 Å². The van der Waals surface area contributed by atoms with E-state index < -0.39 is 15.8 Å². The summed E-state index contributed by atoms with van der Waals surface area (Å²) in [7, 11) is -4.42. The summed E-state index contributed by atoms with van der Waals surface area (Å²) in [6.45, 7) is 2.08. The lowest BCUT2D eigenvalue weighted by Crippen LogP contribution is -2.38. The van der Waals surface area contributed by atoms with Crippen molar-refractivity contribution < 1.29 is 17.2 Å². The number of hydrogen-bond donors (Lipinski definition) is 0. The number of rotatable bonds is 4. The summed E-state index contributed by atoms with van der Waals surface area (Å²) < 4.78 is 48.0. The molecule has 1 aliphatic rings. The minimum atomic E-state index is -4.42. The third-order valence-corrected chi connectivity index (χ3v) is 4.24. The second-order valence-electron chi connectivity index (χ2n) is 3.59. The van der Waals surface area contributed by atoms with Gasteiger partial charge in [-0.15, -0.1) is 11.6 Å². The molecule has 1 fully saturated rings. The van der Waals surface area contributed by atoms with Crippen LogP contribution in [0.1, 0.15) is 6.42 Å². The van der Waals surface area contributed by atoms with Gasteiger partial charge in [-0.1, -0.05) is 0 Å². The molecular formula is C8H15ClF2N2O2S. The highest BCUT2D eigenvalue weighted by Crippen LogP contribution is 2.14. The van der Waals surface area contributed by atoms with E-state index in [1.807, 2.05) is 4.90 Å². The van der Waals surface area contributed by atoms with E-state index in [2.05, 4.69) is 0 Å². The Bertz CT molecular complexity index is 313. The van der Waals surface area contributed by atoms with Crippen molar-refractivity contribution in [3.8, 4) is 0 Å². The molecule has 1 saturated heterocycles. The first-order valence-electron chi connectivity index (χ1n) is 5.04. The standard InChI is InChI=1S/C8H15ClF2N2O2S/c9-2-5-12-3-1-4-13(7-6-12)16(14,15)8(10)11/h8H,1-7H2. The van der Waals surface area contributed by atoms with Crippen molar-refractivity contribution in [3.05, 3.63) is 0 Å². The molecular weight excluding hydrogens is 262 g/mol. The quantitative estimate of drug-likeness (QED) is 0.713. The average Bonchev–Trinajstić information content (AvgIpc) is 2.44. The van der Waals surface area contributed by atoms with Gasteiger partial charge >= 0.3 is 5.76 Å². The molecule has 0 aliphatic carbocycles. The van der Waals surface area contributed by atoms with Crippen LogP contribution in [0.25, 0.3) is 0 Å². The zero-order valence-electron chi connectivity index (χ0n) is 8.78. The third-order valence-electron chi connectivity index (χ3n) is 2.53. The van der Waals surface area contributed by atoms with Crippen molar-refractivity contribution in [2.24, 2.45) is 0 Å². The van der Waals surface area contributed by atoms with Gasteiger partial charge in [0, 0.05) is 32.1 Å². The maximum atomic E-state index is 12.3. The van der Waals surface area contributed by atoms with E-state index in [-0.39, 0.29) is 13.1 Å². The van der Waals surface area contributed by atoms with Gasteiger partial charge in [0.05, 0.1) is 0 Å². The summed E-state index contributed by atoms with van der Waals surface area (Å²) in [4.78, 5) is 1.98. The zero-order chi connectivity index (χ0) is 12.2. The SMILES string of the molecule is O=S(=O)(C(F)F)N1CCCN(CCCl)CC1.